The smallest absolute Gasteiger partial charge is 0.297 e. The summed E-state index contributed by atoms with van der Waals surface area (Å²) in [6.45, 7) is -0.541. The lowest BCUT2D eigenvalue weighted by Gasteiger charge is -2.14. The lowest BCUT2D eigenvalue weighted by molar-refractivity contribution is 0.0632. The first kappa shape index (κ1) is 18.9. The molecule has 0 N–H and O–H groups in total. The zero-order valence-corrected chi connectivity index (χ0v) is 15.5. The molecule has 0 unspecified atom stereocenters. The minimum atomic E-state index is -4.10. The van der Waals surface area contributed by atoms with Crippen LogP contribution in [-0.4, -0.2) is 52.5 Å². The third-order valence-corrected chi connectivity index (χ3v) is 5.38. The van der Waals surface area contributed by atoms with Crippen LogP contribution in [0.1, 0.15) is 20.7 Å². The minimum absolute atomic E-state index is 0.123. The first-order valence-electron chi connectivity index (χ1n) is 7.95. The summed E-state index contributed by atoms with van der Waals surface area (Å²) in [4.78, 5) is 25.4. The lowest BCUT2D eigenvalue weighted by atomic mass is 10.1. The topological polar surface area (TPSA) is 99.2 Å². The van der Waals surface area contributed by atoms with Gasteiger partial charge in [0.15, 0.2) is 11.5 Å². The molecule has 0 aliphatic carbocycles. The van der Waals surface area contributed by atoms with Crippen LogP contribution >= 0.6 is 0 Å². The summed E-state index contributed by atoms with van der Waals surface area (Å²) in [5.41, 5.74) is 0.593. The monoisotopic (exact) mass is 391 g/mol. The van der Waals surface area contributed by atoms with Crippen molar-refractivity contribution < 1.29 is 31.7 Å². The van der Waals surface area contributed by atoms with E-state index in [1.807, 2.05) is 0 Å². The molecule has 27 heavy (non-hydrogen) atoms. The molecule has 1 aliphatic heterocycles. The Morgan fingerprint density at radius 3 is 2.04 bits per heavy atom. The average molecular weight is 391 g/mol. The molecule has 0 saturated carbocycles. The molecule has 9 heteroatoms. The Morgan fingerprint density at radius 2 is 1.48 bits per heavy atom. The van der Waals surface area contributed by atoms with Gasteiger partial charge < -0.3 is 9.47 Å². The van der Waals surface area contributed by atoms with Crippen molar-refractivity contribution in [3.8, 4) is 11.5 Å². The van der Waals surface area contributed by atoms with Gasteiger partial charge in [0.1, 0.15) is 0 Å². The van der Waals surface area contributed by atoms with Gasteiger partial charge in [0, 0.05) is 6.07 Å². The van der Waals surface area contributed by atoms with Crippen molar-refractivity contribution in [3.63, 3.8) is 0 Å². The third-order valence-electron chi connectivity index (χ3n) is 4.08. The number of imide groups is 1. The van der Waals surface area contributed by atoms with Crippen molar-refractivity contribution >= 4 is 21.9 Å². The van der Waals surface area contributed by atoms with Crippen molar-refractivity contribution in [2.45, 2.75) is 4.90 Å². The van der Waals surface area contributed by atoms with E-state index in [1.54, 1.807) is 24.3 Å². The summed E-state index contributed by atoms with van der Waals surface area (Å²) < 4.78 is 39.8. The van der Waals surface area contributed by atoms with Crippen LogP contribution in [0.15, 0.2) is 47.4 Å². The third kappa shape index (κ3) is 3.51. The molecule has 3 rings (SSSR count). The number of benzene rings is 2. The molecule has 8 nitrogen and oxygen atoms in total. The number of hydrogen-bond donors (Lipinski definition) is 0. The summed E-state index contributed by atoms with van der Waals surface area (Å²) in [7, 11) is -1.28. The highest BCUT2D eigenvalue weighted by Gasteiger charge is 2.35. The average Bonchev–Trinajstić information content (AvgIpc) is 2.92. The van der Waals surface area contributed by atoms with Crippen molar-refractivity contribution in [1.29, 1.82) is 0 Å². The Morgan fingerprint density at radius 1 is 0.889 bits per heavy atom. The molecule has 0 spiro atoms. The van der Waals surface area contributed by atoms with Crippen LogP contribution in [0.5, 0.6) is 11.5 Å². The van der Waals surface area contributed by atoms with Gasteiger partial charge in [0.05, 0.1) is 43.4 Å². The van der Waals surface area contributed by atoms with Crippen LogP contribution in [0.2, 0.25) is 0 Å². The van der Waals surface area contributed by atoms with E-state index < -0.39 is 21.9 Å². The predicted octanol–water partition coefficient (Wildman–Crippen LogP) is 1.71. The largest absolute Gasteiger partial charge is 0.493 e. The van der Waals surface area contributed by atoms with Gasteiger partial charge in [-0.1, -0.05) is 12.1 Å². The number of nitrogens with zero attached hydrogens (tertiary/aromatic N) is 1. The quantitative estimate of drug-likeness (QED) is 0.523. The van der Waals surface area contributed by atoms with E-state index >= 15 is 0 Å². The number of methoxy groups -OCH3 is 2. The summed E-state index contributed by atoms with van der Waals surface area (Å²) >= 11 is 0. The summed E-state index contributed by atoms with van der Waals surface area (Å²) in [5.74, 6) is -0.324. The number of carbonyl (C=O) groups is 2. The van der Waals surface area contributed by atoms with Gasteiger partial charge in [-0.2, -0.15) is 8.42 Å². The predicted molar refractivity (Wildman–Crippen MR) is 94.5 cm³/mol. The van der Waals surface area contributed by atoms with Gasteiger partial charge in [-0.15, -0.1) is 0 Å². The van der Waals surface area contributed by atoms with E-state index in [2.05, 4.69) is 0 Å². The SMILES string of the molecule is COc1ccc(S(=O)(=O)OCCN2C(=O)c3ccccc3C2=O)cc1OC. The lowest BCUT2D eigenvalue weighted by Crippen LogP contribution is -2.33. The standard InChI is InChI=1S/C18H17NO7S/c1-24-15-8-7-12(11-16(15)25-2)27(22,23)26-10-9-19-17(20)13-5-3-4-6-14(13)18(19)21/h3-8,11H,9-10H2,1-2H3. The van der Waals surface area contributed by atoms with E-state index in [1.165, 1.54) is 32.4 Å². The zero-order chi connectivity index (χ0) is 19.6. The Bertz CT molecular complexity index is 966. The number of amides is 2. The second kappa shape index (κ2) is 7.37. The fourth-order valence-electron chi connectivity index (χ4n) is 2.72. The van der Waals surface area contributed by atoms with E-state index in [4.69, 9.17) is 13.7 Å². The molecule has 2 amide bonds. The molecule has 0 aromatic heterocycles. The maximum absolute atomic E-state index is 12.3. The normalized spacial score (nSPS) is 13.6. The van der Waals surface area contributed by atoms with E-state index in [9.17, 15) is 18.0 Å². The molecular formula is C18H17NO7S. The molecule has 0 bridgehead atoms. The van der Waals surface area contributed by atoms with Crippen molar-refractivity contribution in [2.75, 3.05) is 27.4 Å². The van der Waals surface area contributed by atoms with Gasteiger partial charge >= 0.3 is 0 Å². The number of carbonyl (C=O) groups excluding carboxylic acids is 2. The minimum Gasteiger partial charge on any atom is -0.493 e. The van der Waals surface area contributed by atoms with Gasteiger partial charge in [-0.25, -0.2) is 0 Å². The van der Waals surface area contributed by atoms with E-state index in [-0.39, 0.29) is 23.8 Å². The van der Waals surface area contributed by atoms with Crippen molar-refractivity contribution in [1.82, 2.24) is 4.90 Å². The molecule has 0 saturated heterocycles. The Hall–Kier alpha value is -2.91. The Kier molecular flexibility index (Phi) is 5.15. The molecule has 0 radical (unpaired) electrons. The first-order chi connectivity index (χ1) is 12.9. The van der Waals surface area contributed by atoms with Crippen LogP contribution in [0.3, 0.4) is 0 Å². The summed E-state index contributed by atoms with van der Waals surface area (Å²) in [6.07, 6.45) is 0. The second-order valence-corrected chi connectivity index (χ2v) is 7.22. The van der Waals surface area contributed by atoms with Crippen LogP contribution in [-0.2, 0) is 14.3 Å². The van der Waals surface area contributed by atoms with Crippen molar-refractivity contribution in [3.05, 3.63) is 53.6 Å². The number of rotatable bonds is 7. The maximum Gasteiger partial charge on any atom is 0.297 e. The van der Waals surface area contributed by atoms with E-state index in [0.29, 0.717) is 16.9 Å². The molecule has 1 heterocycles. The summed E-state index contributed by atoms with van der Waals surface area (Å²) in [6, 6.07) is 10.5. The number of ether oxygens (including phenoxy) is 2. The molecule has 0 atom stereocenters. The fourth-order valence-corrected chi connectivity index (χ4v) is 3.64. The highest BCUT2D eigenvalue weighted by Crippen LogP contribution is 2.30. The first-order valence-corrected chi connectivity index (χ1v) is 9.36. The summed E-state index contributed by atoms with van der Waals surface area (Å²) in [5, 5.41) is 0. The van der Waals surface area contributed by atoms with Crippen molar-refractivity contribution in [2.24, 2.45) is 0 Å². The maximum atomic E-state index is 12.3. The van der Waals surface area contributed by atoms with Gasteiger partial charge in [-0.05, 0) is 24.3 Å². The molecule has 1 aliphatic rings. The Labute approximate surface area is 156 Å². The highest BCUT2D eigenvalue weighted by atomic mass is 32.2. The van der Waals surface area contributed by atoms with Gasteiger partial charge in [-0.3, -0.25) is 18.7 Å². The second-order valence-electron chi connectivity index (χ2n) is 5.60. The van der Waals surface area contributed by atoms with Crippen LogP contribution in [0.4, 0.5) is 0 Å². The molecule has 142 valence electrons. The zero-order valence-electron chi connectivity index (χ0n) is 14.7. The van der Waals surface area contributed by atoms with Crippen LogP contribution in [0, 0.1) is 0 Å². The fraction of sp³-hybridized carbons (Fsp3) is 0.222. The number of hydrogen-bond acceptors (Lipinski definition) is 7. The Balaban J connectivity index is 1.69. The molecule has 2 aromatic rings. The van der Waals surface area contributed by atoms with E-state index in [0.717, 1.165) is 4.90 Å². The van der Waals surface area contributed by atoms with Gasteiger partial charge in [0.2, 0.25) is 0 Å². The highest BCUT2D eigenvalue weighted by molar-refractivity contribution is 7.86. The molecular weight excluding hydrogens is 374 g/mol. The van der Waals surface area contributed by atoms with Crippen LogP contribution in [0.25, 0.3) is 0 Å². The number of fused-ring (bicyclic) bond motifs is 1. The van der Waals surface area contributed by atoms with Gasteiger partial charge in [0.25, 0.3) is 21.9 Å². The van der Waals surface area contributed by atoms with Crippen LogP contribution < -0.4 is 9.47 Å². The molecule has 0 fully saturated rings. The molecule has 2 aromatic carbocycles.